The molecule has 1 saturated heterocycles. The Morgan fingerprint density at radius 2 is 1.79 bits per heavy atom. The summed E-state index contributed by atoms with van der Waals surface area (Å²) in [5.74, 6) is 3.66. The molecule has 0 amide bonds. The van der Waals surface area contributed by atoms with Gasteiger partial charge >= 0.3 is 0 Å². The summed E-state index contributed by atoms with van der Waals surface area (Å²) in [6.45, 7) is 6.29. The highest BCUT2D eigenvalue weighted by molar-refractivity contribution is 7.99. The van der Waals surface area contributed by atoms with Gasteiger partial charge in [-0.05, 0) is 37.1 Å². The van der Waals surface area contributed by atoms with Gasteiger partial charge in [0.2, 0.25) is 0 Å². The molecular formula is C18H24N4OS. The highest BCUT2D eigenvalue weighted by Crippen LogP contribution is 2.27. The first-order valence-corrected chi connectivity index (χ1v) is 9.28. The molecule has 6 heteroatoms. The zero-order chi connectivity index (χ0) is 16.9. The number of hydrogen-bond donors (Lipinski definition) is 0. The average molecular weight is 344 g/mol. The first-order chi connectivity index (χ1) is 11.7. The molecule has 0 saturated carbocycles. The maximum absolute atomic E-state index is 5.24. The number of piperazine rings is 1. The van der Waals surface area contributed by atoms with Crippen LogP contribution in [0, 0.1) is 0 Å². The summed E-state index contributed by atoms with van der Waals surface area (Å²) < 4.78 is 5.24. The van der Waals surface area contributed by atoms with Gasteiger partial charge in [0.15, 0.2) is 5.82 Å². The van der Waals surface area contributed by atoms with Crippen LogP contribution in [-0.2, 0) is 0 Å². The van der Waals surface area contributed by atoms with E-state index in [0.717, 1.165) is 59.9 Å². The van der Waals surface area contributed by atoms with Crippen LogP contribution in [-0.4, -0.2) is 61.0 Å². The van der Waals surface area contributed by atoms with Crippen LogP contribution in [0.25, 0.3) is 11.4 Å². The predicted molar refractivity (Wildman–Crippen MR) is 100 cm³/mol. The van der Waals surface area contributed by atoms with E-state index >= 15 is 0 Å². The predicted octanol–water partition coefficient (Wildman–Crippen LogP) is 3.02. The summed E-state index contributed by atoms with van der Waals surface area (Å²) in [5.41, 5.74) is 1.02. The molecule has 2 heterocycles. The normalized spacial score (nSPS) is 15.5. The Hall–Kier alpha value is -1.79. The zero-order valence-electron chi connectivity index (χ0n) is 14.5. The largest absolute Gasteiger partial charge is 0.497 e. The number of methoxy groups -OCH3 is 1. The van der Waals surface area contributed by atoms with Crippen molar-refractivity contribution in [3.8, 4) is 17.1 Å². The number of aromatic nitrogens is 2. The van der Waals surface area contributed by atoms with E-state index in [1.165, 1.54) is 0 Å². The van der Waals surface area contributed by atoms with Crippen LogP contribution < -0.4 is 9.64 Å². The molecule has 1 aromatic carbocycles. The molecule has 0 unspecified atom stereocenters. The Kier molecular flexibility index (Phi) is 5.58. The van der Waals surface area contributed by atoms with Crippen molar-refractivity contribution in [2.45, 2.75) is 11.9 Å². The number of benzene rings is 1. The Labute approximate surface area is 148 Å². The fourth-order valence-corrected chi connectivity index (χ4v) is 3.34. The average Bonchev–Trinajstić information content (AvgIpc) is 2.62. The minimum Gasteiger partial charge on any atom is -0.497 e. The van der Waals surface area contributed by atoms with Crippen LogP contribution >= 0.6 is 11.8 Å². The summed E-state index contributed by atoms with van der Waals surface area (Å²) in [6.07, 6.45) is 0. The lowest BCUT2D eigenvalue weighted by Gasteiger charge is -2.33. The number of thioether (sulfide) groups is 1. The van der Waals surface area contributed by atoms with Gasteiger partial charge in [-0.2, -0.15) is 0 Å². The molecular weight excluding hydrogens is 320 g/mol. The third-order valence-electron chi connectivity index (χ3n) is 4.16. The zero-order valence-corrected chi connectivity index (χ0v) is 15.3. The molecule has 128 valence electrons. The minimum absolute atomic E-state index is 0.782. The number of ether oxygens (including phenoxy) is 1. The molecule has 1 aliphatic rings. The molecule has 1 fully saturated rings. The second kappa shape index (κ2) is 7.85. The van der Waals surface area contributed by atoms with Gasteiger partial charge in [-0.15, -0.1) is 11.8 Å². The molecule has 0 radical (unpaired) electrons. The number of likely N-dealkylation sites (N-methyl/N-ethyl adjacent to an activating group) is 1. The van der Waals surface area contributed by atoms with Gasteiger partial charge in [-0.3, -0.25) is 0 Å². The number of hydrogen-bond acceptors (Lipinski definition) is 6. The maximum atomic E-state index is 5.24. The van der Waals surface area contributed by atoms with Crippen molar-refractivity contribution >= 4 is 17.6 Å². The Morgan fingerprint density at radius 1 is 1.08 bits per heavy atom. The van der Waals surface area contributed by atoms with Crippen LogP contribution in [0.15, 0.2) is 35.4 Å². The van der Waals surface area contributed by atoms with E-state index in [1.807, 2.05) is 24.3 Å². The number of rotatable bonds is 5. The van der Waals surface area contributed by atoms with Crippen LogP contribution in [0.1, 0.15) is 6.92 Å². The maximum Gasteiger partial charge on any atom is 0.162 e. The van der Waals surface area contributed by atoms with Gasteiger partial charge < -0.3 is 14.5 Å². The summed E-state index contributed by atoms with van der Waals surface area (Å²) in [5, 5.41) is 1.03. The highest BCUT2D eigenvalue weighted by Gasteiger charge is 2.17. The Bertz CT molecular complexity index is 669. The van der Waals surface area contributed by atoms with Gasteiger partial charge in [-0.1, -0.05) is 6.92 Å². The Balaban J connectivity index is 1.92. The summed E-state index contributed by atoms with van der Waals surface area (Å²) in [4.78, 5) is 14.3. The monoisotopic (exact) mass is 344 g/mol. The Morgan fingerprint density at radius 3 is 2.42 bits per heavy atom. The van der Waals surface area contributed by atoms with E-state index in [0.29, 0.717) is 0 Å². The molecule has 5 nitrogen and oxygen atoms in total. The van der Waals surface area contributed by atoms with E-state index in [2.05, 4.69) is 29.8 Å². The van der Waals surface area contributed by atoms with Crippen LogP contribution in [0.2, 0.25) is 0 Å². The van der Waals surface area contributed by atoms with Gasteiger partial charge in [0.05, 0.1) is 7.11 Å². The van der Waals surface area contributed by atoms with Crippen molar-refractivity contribution in [1.29, 1.82) is 0 Å². The van der Waals surface area contributed by atoms with E-state index in [-0.39, 0.29) is 0 Å². The van der Waals surface area contributed by atoms with Crippen molar-refractivity contribution in [1.82, 2.24) is 14.9 Å². The molecule has 24 heavy (non-hydrogen) atoms. The van der Waals surface area contributed by atoms with Gasteiger partial charge in [0.1, 0.15) is 16.6 Å². The molecule has 0 aliphatic carbocycles. The highest BCUT2D eigenvalue weighted by atomic mass is 32.2. The topological polar surface area (TPSA) is 41.5 Å². The minimum atomic E-state index is 0.782. The van der Waals surface area contributed by atoms with E-state index in [1.54, 1.807) is 18.9 Å². The van der Waals surface area contributed by atoms with E-state index in [9.17, 15) is 0 Å². The van der Waals surface area contributed by atoms with Crippen molar-refractivity contribution < 1.29 is 4.74 Å². The number of anilines is 1. The third-order valence-corrected chi connectivity index (χ3v) is 4.95. The molecule has 1 aliphatic heterocycles. The van der Waals surface area contributed by atoms with E-state index < -0.39 is 0 Å². The second-order valence-corrected chi connectivity index (χ2v) is 7.12. The van der Waals surface area contributed by atoms with Crippen LogP contribution in [0.4, 0.5) is 5.82 Å². The van der Waals surface area contributed by atoms with Crippen LogP contribution in [0.5, 0.6) is 5.75 Å². The lowest BCUT2D eigenvalue weighted by molar-refractivity contribution is 0.312. The van der Waals surface area contributed by atoms with Crippen molar-refractivity contribution in [3.05, 3.63) is 30.3 Å². The summed E-state index contributed by atoms with van der Waals surface area (Å²) in [7, 11) is 3.84. The van der Waals surface area contributed by atoms with Crippen molar-refractivity contribution in [2.75, 3.05) is 51.0 Å². The third kappa shape index (κ3) is 3.99. The quantitative estimate of drug-likeness (QED) is 0.613. The standard InChI is InChI=1S/C18H24N4OS/c1-4-24-17-13-16(22-11-9-21(2)10-12-22)19-18(20-17)14-5-7-15(23-3)8-6-14/h5-8,13H,4,9-12H2,1-3H3. The fraction of sp³-hybridized carbons (Fsp3) is 0.444. The molecule has 0 spiro atoms. The van der Waals surface area contributed by atoms with Crippen molar-refractivity contribution in [2.24, 2.45) is 0 Å². The smallest absolute Gasteiger partial charge is 0.162 e. The molecule has 0 bridgehead atoms. The number of nitrogens with zero attached hydrogens (tertiary/aromatic N) is 4. The molecule has 3 rings (SSSR count). The van der Waals surface area contributed by atoms with Gasteiger partial charge in [0.25, 0.3) is 0 Å². The molecule has 2 aromatic rings. The molecule has 1 aromatic heterocycles. The first-order valence-electron chi connectivity index (χ1n) is 8.29. The molecule has 0 atom stereocenters. The lowest BCUT2D eigenvalue weighted by atomic mass is 10.2. The van der Waals surface area contributed by atoms with Gasteiger partial charge in [-0.25, -0.2) is 9.97 Å². The van der Waals surface area contributed by atoms with Crippen LogP contribution in [0.3, 0.4) is 0 Å². The lowest BCUT2D eigenvalue weighted by Crippen LogP contribution is -2.44. The van der Waals surface area contributed by atoms with E-state index in [4.69, 9.17) is 14.7 Å². The fourth-order valence-electron chi connectivity index (χ4n) is 2.70. The van der Waals surface area contributed by atoms with Crippen molar-refractivity contribution in [3.63, 3.8) is 0 Å². The summed E-state index contributed by atoms with van der Waals surface area (Å²) in [6, 6.07) is 10.1. The summed E-state index contributed by atoms with van der Waals surface area (Å²) >= 11 is 1.76. The van der Waals surface area contributed by atoms with Gasteiger partial charge in [0, 0.05) is 37.8 Å². The first kappa shape index (κ1) is 17.0. The second-order valence-electron chi connectivity index (χ2n) is 5.84. The SMILES string of the molecule is CCSc1cc(N2CCN(C)CC2)nc(-c2ccc(OC)cc2)n1. The molecule has 0 N–H and O–H groups in total.